The second kappa shape index (κ2) is 6.75. The predicted molar refractivity (Wildman–Crippen MR) is 75.4 cm³/mol. The molecule has 2 N–H and O–H groups in total. The molecule has 1 heterocycles. The Balaban J connectivity index is 2.20. The van der Waals surface area contributed by atoms with Crippen molar-refractivity contribution in [2.45, 2.75) is 13.3 Å². The van der Waals surface area contributed by atoms with Crippen molar-refractivity contribution in [3.8, 4) is 11.8 Å². The van der Waals surface area contributed by atoms with Crippen LogP contribution >= 0.6 is 11.5 Å². The quantitative estimate of drug-likeness (QED) is 0.829. The van der Waals surface area contributed by atoms with Gasteiger partial charge in [0.15, 0.2) is 0 Å². The molecular formula is C13H12N4O2S. The van der Waals surface area contributed by atoms with Gasteiger partial charge in [-0.2, -0.15) is 0 Å². The van der Waals surface area contributed by atoms with Crippen molar-refractivity contribution >= 4 is 22.6 Å². The van der Waals surface area contributed by atoms with Crippen LogP contribution in [-0.4, -0.2) is 32.4 Å². The number of amides is 1. The fourth-order valence-electron chi connectivity index (χ4n) is 1.51. The van der Waals surface area contributed by atoms with E-state index in [4.69, 9.17) is 5.11 Å². The molecule has 0 aliphatic rings. The number of aryl methyl sites for hydroxylation is 1. The van der Waals surface area contributed by atoms with Crippen molar-refractivity contribution in [2.75, 3.05) is 11.9 Å². The molecule has 0 fully saturated rings. The molecule has 7 heteroatoms. The van der Waals surface area contributed by atoms with Gasteiger partial charge >= 0.3 is 0 Å². The van der Waals surface area contributed by atoms with Gasteiger partial charge in [0.25, 0.3) is 5.91 Å². The van der Waals surface area contributed by atoms with E-state index in [9.17, 15) is 4.79 Å². The largest absolute Gasteiger partial charge is 0.395 e. The van der Waals surface area contributed by atoms with Crippen LogP contribution in [0.5, 0.6) is 0 Å². The monoisotopic (exact) mass is 288 g/mol. The lowest BCUT2D eigenvalue weighted by molar-refractivity contribution is 0.102. The molecule has 0 saturated carbocycles. The molecule has 0 saturated heterocycles. The third kappa shape index (κ3) is 3.60. The molecular weight excluding hydrogens is 276 g/mol. The Morgan fingerprint density at radius 3 is 3.05 bits per heavy atom. The lowest BCUT2D eigenvalue weighted by Gasteiger charge is -2.05. The summed E-state index contributed by atoms with van der Waals surface area (Å²) in [5.41, 5.74) is 2.09. The van der Waals surface area contributed by atoms with Crippen LogP contribution in [0, 0.1) is 18.8 Å². The number of nitrogens with one attached hydrogen (secondary N) is 1. The minimum Gasteiger partial charge on any atom is -0.395 e. The van der Waals surface area contributed by atoms with E-state index in [-0.39, 0.29) is 12.5 Å². The van der Waals surface area contributed by atoms with Crippen molar-refractivity contribution in [1.82, 2.24) is 14.8 Å². The Labute approximate surface area is 120 Å². The highest BCUT2D eigenvalue weighted by atomic mass is 32.1. The topological polar surface area (TPSA) is 88.0 Å². The van der Waals surface area contributed by atoms with E-state index >= 15 is 0 Å². The fourth-order valence-corrected chi connectivity index (χ4v) is 1.87. The summed E-state index contributed by atoms with van der Waals surface area (Å²) in [7, 11) is 0. The average molecular weight is 288 g/mol. The molecule has 0 aliphatic carbocycles. The fraction of sp³-hybridized carbons (Fsp3) is 0.231. The molecule has 0 bridgehead atoms. The molecule has 0 radical (unpaired) electrons. The number of hydrogen-bond acceptors (Lipinski definition) is 6. The Kier molecular flexibility index (Phi) is 4.76. The maximum atomic E-state index is 12.1. The first-order valence-corrected chi connectivity index (χ1v) is 6.65. The normalized spacial score (nSPS) is 9.70. The molecule has 2 aromatic rings. The summed E-state index contributed by atoms with van der Waals surface area (Å²) >= 11 is 1.01. The lowest BCUT2D eigenvalue weighted by atomic mass is 10.0. The van der Waals surface area contributed by atoms with Gasteiger partial charge in [-0.3, -0.25) is 10.1 Å². The number of nitrogens with zero attached hydrogens (tertiary/aromatic N) is 3. The number of hydrogen-bond donors (Lipinski definition) is 2. The van der Waals surface area contributed by atoms with Crippen molar-refractivity contribution in [1.29, 1.82) is 0 Å². The molecule has 2 rings (SSSR count). The van der Waals surface area contributed by atoms with Gasteiger partial charge in [-0.05, 0) is 29.8 Å². The summed E-state index contributed by atoms with van der Waals surface area (Å²) in [6.07, 6.45) is 0.409. The Morgan fingerprint density at radius 2 is 2.35 bits per heavy atom. The maximum Gasteiger partial charge on any atom is 0.257 e. The van der Waals surface area contributed by atoms with Crippen molar-refractivity contribution < 1.29 is 9.90 Å². The summed E-state index contributed by atoms with van der Waals surface area (Å²) in [6.45, 7) is 1.87. The highest BCUT2D eigenvalue weighted by molar-refractivity contribution is 7.09. The number of benzene rings is 1. The summed E-state index contributed by atoms with van der Waals surface area (Å²) in [5, 5.41) is 18.8. The van der Waals surface area contributed by atoms with E-state index < -0.39 is 0 Å². The third-order valence-corrected chi connectivity index (χ3v) is 2.98. The van der Waals surface area contributed by atoms with Crippen LogP contribution in [0.3, 0.4) is 0 Å². The van der Waals surface area contributed by atoms with Crippen LogP contribution in [0.25, 0.3) is 0 Å². The number of aromatic nitrogens is 3. The van der Waals surface area contributed by atoms with Crippen LogP contribution in [0.1, 0.15) is 27.9 Å². The summed E-state index contributed by atoms with van der Waals surface area (Å²) in [6, 6.07) is 5.38. The van der Waals surface area contributed by atoms with Gasteiger partial charge in [0.2, 0.25) is 5.13 Å². The standard InChI is InChI=1S/C13H12N4O2S/c1-9-5-6-10(4-2-3-7-18)8-11(9)12(19)14-13-15-16-17-20-13/h5-6,8,18H,3,7H2,1H3,(H,14,15,17,19). The molecule has 0 spiro atoms. The second-order valence-electron chi connectivity index (χ2n) is 3.93. The molecule has 0 atom stereocenters. The lowest BCUT2D eigenvalue weighted by Crippen LogP contribution is -2.13. The number of anilines is 1. The van der Waals surface area contributed by atoms with Crippen LogP contribution in [0.15, 0.2) is 18.2 Å². The minimum absolute atomic E-state index is 0.0241. The number of aliphatic hydroxyl groups excluding tert-OH is 1. The summed E-state index contributed by atoms with van der Waals surface area (Å²) in [5.74, 6) is 5.45. The van der Waals surface area contributed by atoms with Gasteiger partial charge in [0.1, 0.15) is 0 Å². The van der Waals surface area contributed by atoms with Crippen molar-refractivity contribution in [3.63, 3.8) is 0 Å². The average Bonchev–Trinajstić information content (AvgIpc) is 2.93. The highest BCUT2D eigenvalue weighted by Gasteiger charge is 2.11. The SMILES string of the molecule is Cc1ccc(C#CCCO)cc1C(=O)Nc1nnns1. The zero-order valence-corrected chi connectivity index (χ0v) is 11.6. The first-order chi connectivity index (χ1) is 9.70. The van der Waals surface area contributed by atoms with Crippen molar-refractivity contribution in [3.05, 3.63) is 34.9 Å². The molecule has 0 unspecified atom stereocenters. The zero-order valence-electron chi connectivity index (χ0n) is 10.8. The van der Waals surface area contributed by atoms with E-state index in [2.05, 4.69) is 32.0 Å². The molecule has 1 amide bonds. The third-order valence-electron chi connectivity index (χ3n) is 2.47. The van der Waals surface area contributed by atoms with E-state index in [1.54, 1.807) is 6.07 Å². The number of carbonyl (C=O) groups excluding carboxylic acids is 1. The molecule has 6 nitrogen and oxygen atoms in total. The summed E-state index contributed by atoms with van der Waals surface area (Å²) in [4.78, 5) is 12.1. The predicted octanol–water partition coefficient (Wildman–Crippen LogP) is 1.23. The zero-order chi connectivity index (χ0) is 14.4. The van der Waals surface area contributed by atoms with Crippen LogP contribution in [-0.2, 0) is 0 Å². The van der Waals surface area contributed by atoms with Gasteiger partial charge in [-0.25, -0.2) is 0 Å². The van der Waals surface area contributed by atoms with E-state index in [1.807, 2.05) is 19.1 Å². The minimum atomic E-state index is -0.271. The molecule has 1 aromatic heterocycles. The maximum absolute atomic E-state index is 12.1. The van der Waals surface area contributed by atoms with E-state index in [0.717, 1.165) is 22.7 Å². The van der Waals surface area contributed by atoms with Gasteiger partial charge in [-0.1, -0.05) is 27.5 Å². The van der Waals surface area contributed by atoms with Crippen LogP contribution < -0.4 is 5.32 Å². The number of carbonyl (C=O) groups is 1. The van der Waals surface area contributed by atoms with E-state index in [1.165, 1.54) is 0 Å². The Hall–Kier alpha value is -2.30. The smallest absolute Gasteiger partial charge is 0.257 e. The number of aliphatic hydroxyl groups is 1. The molecule has 102 valence electrons. The van der Waals surface area contributed by atoms with Gasteiger partial charge in [0, 0.05) is 29.1 Å². The van der Waals surface area contributed by atoms with Crippen LogP contribution in [0.2, 0.25) is 0 Å². The Morgan fingerprint density at radius 1 is 1.50 bits per heavy atom. The summed E-state index contributed by atoms with van der Waals surface area (Å²) < 4.78 is 3.58. The van der Waals surface area contributed by atoms with Crippen molar-refractivity contribution in [2.24, 2.45) is 0 Å². The van der Waals surface area contributed by atoms with E-state index in [0.29, 0.717) is 17.1 Å². The molecule has 1 aromatic carbocycles. The highest BCUT2D eigenvalue weighted by Crippen LogP contribution is 2.14. The van der Waals surface area contributed by atoms with Gasteiger partial charge in [0.05, 0.1) is 6.61 Å². The first kappa shape index (κ1) is 14.1. The number of rotatable bonds is 3. The van der Waals surface area contributed by atoms with Gasteiger partial charge in [-0.15, -0.1) is 0 Å². The van der Waals surface area contributed by atoms with Crippen LogP contribution in [0.4, 0.5) is 5.13 Å². The second-order valence-corrected chi connectivity index (χ2v) is 4.66. The Bertz CT molecular complexity index is 659. The molecule has 0 aliphatic heterocycles. The molecule has 20 heavy (non-hydrogen) atoms. The van der Waals surface area contributed by atoms with Gasteiger partial charge < -0.3 is 5.11 Å². The first-order valence-electron chi connectivity index (χ1n) is 5.87.